The van der Waals surface area contributed by atoms with Gasteiger partial charge in [0.25, 0.3) is 5.91 Å². The molecule has 1 aromatic heterocycles. The van der Waals surface area contributed by atoms with E-state index in [2.05, 4.69) is 10.6 Å². The fourth-order valence-electron chi connectivity index (χ4n) is 3.29. The first-order valence-corrected chi connectivity index (χ1v) is 9.81. The van der Waals surface area contributed by atoms with Gasteiger partial charge in [-0.1, -0.05) is 19.8 Å². The Balaban J connectivity index is 1.60. The molecule has 2 aromatic rings. The van der Waals surface area contributed by atoms with Gasteiger partial charge in [0.2, 0.25) is 0 Å². The molecule has 0 unspecified atom stereocenters. The van der Waals surface area contributed by atoms with Crippen LogP contribution >= 0.6 is 0 Å². The van der Waals surface area contributed by atoms with Crippen molar-refractivity contribution in [2.24, 2.45) is 0 Å². The second-order valence-electron chi connectivity index (χ2n) is 6.97. The van der Waals surface area contributed by atoms with Gasteiger partial charge in [0, 0.05) is 37.0 Å². The van der Waals surface area contributed by atoms with Gasteiger partial charge in [0.05, 0.1) is 0 Å². The van der Waals surface area contributed by atoms with Crippen molar-refractivity contribution in [1.82, 2.24) is 4.90 Å². The SMILES string of the molecule is CCc1oc(C(=O)Nc2ccc(NC(=O)N3CCCCCC3)cc2)cc1C(=O)O. The molecule has 0 saturated carbocycles. The van der Waals surface area contributed by atoms with E-state index in [9.17, 15) is 14.4 Å². The van der Waals surface area contributed by atoms with Gasteiger partial charge < -0.3 is 25.1 Å². The van der Waals surface area contributed by atoms with E-state index in [1.165, 1.54) is 6.07 Å². The van der Waals surface area contributed by atoms with Crippen LogP contribution in [0, 0.1) is 0 Å². The molecule has 3 rings (SSSR count). The summed E-state index contributed by atoms with van der Waals surface area (Å²) in [5.74, 6) is -1.46. The van der Waals surface area contributed by atoms with Crippen molar-refractivity contribution in [3.8, 4) is 0 Å². The second-order valence-corrected chi connectivity index (χ2v) is 6.97. The van der Waals surface area contributed by atoms with E-state index in [1.54, 1.807) is 31.2 Å². The predicted molar refractivity (Wildman–Crippen MR) is 109 cm³/mol. The van der Waals surface area contributed by atoms with Gasteiger partial charge in [-0.25, -0.2) is 9.59 Å². The largest absolute Gasteiger partial charge is 0.478 e. The van der Waals surface area contributed by atoms with Gasteiger partial charge in [-0.3, -0.25) is 4.79 Å². The highest BCUT2D eigenvalue weighted by Gasteiger charge is 2.20. The van der Waals surface area contributed by atoms with Gasteiger partial charge in [-0.15, -0.1) is 0 Å². The number of carbonyl (C=O) groups is 3. The lowest BCUT2D eigenvalue weighted by Gasteiger charge is -2.20. The second kappa shape index (κ2) is 9.27. The Kier molecular flexibility index (Phi) is 6.54. The maximum absolute atomic E-state index is 12.4. The summed E-state index contributed by atoms with van der Waals surface area (Å²) >= 11 is 0. The number of nitrogens with zero attached hydrogens (tertiary/aromatic N) is 1. The maximum Gasteiger partial charge on any atom is 0.339 e. The first-order chi connectivity index (χ1) is 14.0. The third-order valence-corrected chi connectivity index (χ3v) is 4.87. The van der Waals surface area contributed by atoms with Crippen molar-refractivity contribution in [3.05, 3.63) is 47.4 Å². The van der Waals surface area contributed by atoms with Crippen LogP contribution in [-0.2, 0) is 6.42 Å². The molecular weight excluding hydrogens is 374 g/mol. The number of hydrogen-bond donors (Lipinski definition) is 3. The van der Waals surface area contributed by atoms with E-state index >= 15 is 0 Å². The standard InChI is InChI=1S/C21H25N3O5/c1-2-17-16(20(26)27)13-18(29-17)19(25)22-14-7-9-15(10-8-14)23-21(28)24-11-5-3-4-6-12-24/h7-10,13H,2-6,11-12H2,1H3,(H,22,25)(H,23,28)(H,26,27). The van der Waals surface area contributed by atoms with Gasteiger partial charge in [0.1, 0.15) is 11.3 Å². The summed E-state index contributed by atoms with van der Waals surface area (Å²) in [7, 11) is 0. The summed E-state index contributed by atoms with van der Waals surface area (Å²) < 4.78 is 5.36. The monoisotopic (exact) mass is 399 g/mol. The van der Waals surface area contributed by atoms with Crippen LogP contribution < -0.4 is 10.6 Å². The lowest BCUT2D eigenvalue weighted by atomic mass is 10.2. The minimum atomic E-state index is -1.13. The van der Waals surface area contributed by atoms with Crippen LogP contribution in [0.1, 0.15) is 59.3 Å². The molecule has 8 heteroatoms. The van der Waals surface area contributed by atoms with Gasteiger partial charge in [0.15, 0.2) is 5.76 Å². The zero-order valence-corrected chi connectivity index (χ0v) is 16.4. The number of aryl methyl sites for hydroxylation is 1. The van der Waals surface area contributed by atoms with E-state index < -0.39 is 11.9 Å². The average molecular weight is 399 g/mol. The number of carboxylic acids is 1. The number of furan rings is 1. The van der Waals surface area contributed by atoms with E-state index in [1.807, 2.05) is 4.90 Å². The van der Waals surface area contributed by atoms with Crippen LogP contribution in [0.15, 0.2) is 34.7 Å². The van der Waals surface area contributed by atoms with Gasteiger partial charge in [-0.2, -0.15) is 0 Å². The topological polar surface area (TPSA) is 112 Å². The molecule has 0 spiro atoms. The lowest BCUT2D eigenvalue weighted by molar-refractivity contribution is 0.0694. The zero-order chi connectivity index (χ0) is 20.8. The first-order valence-electron chi connectivity index (χ1n) is 9.81. The maximum atomic E-state index is 12.4. The molecule has 3 N–H and O–H groups in total. The molecule has 1 saturated heterocycles. The van der Waals surface area contributed by atoms with Crippen LogP contribution in [0.5, 0.6) is 0 Å². The third kappa shape index (κ3) is 5.16. The number of urea groups is 1. The van der Waals surface area contributed by atoms with Crippen LogP contribution in [-0.4, -0.2) is 41.0 Å². The Morgan fingerprint density at radius 3 is 2.10 bits per heavy atom. The molecule has 1 aromatic carbocycles. The van der Waals surface area contributed by atoms with Crippen LogP contribution in [0.25, 0.3) is 0 Å². The Hall–Kier alpha value is -3.29. The molecule has 1 aliphatic rings. The van der Waals surface area contributed by atoms with Crippen molar-refractivity contribution in [1.29, 1.82) is 0 Å². The zero-order valence-electron chi connectivity index (χ0n) is 16.4. The Morgan fingerprint density at radius 2 is 1.59 bits per heavy atom. The average Bonchev–Trinajstić information content (AvgIpc) is 2.97. The van der Waals surface area contributed by atoms with Crippen LogP contribution in [0.2, 0.25) is 0 Å². The summed E-state index contributed by atoms with van der Waals surface area (Å²) in [5, 5.41) is 14.7. The number of nitrogens with one attached hydrogen (secondary N) is 2. The number of hydrogen-bond acceptors (Lipinski definition) is 4. The number of benzene rings is 1. The number of rotatable bonds is 5. The Morgan fingerprint density at radius 1 is 1.00 bits per heavy atom. The lowest BCUT2D eigenvalue weighted by Crippen LogP contribution is -2.35. The fraction of sp³-hybridized carbons (Fsp3) is 0.381. The smallest absolute Gasteiger partial charge is 0.339 e. The van der Waals surface area contributed by atoms with Crippen LogP contribution in [0.4, 0.5) is 16.2 Å². The number of aromatic carboxylic acids is 1. The van der Waals surface area contributed by atoms with Crippen molar-refractivity contribution < 1.29 is 23.9 Å². The molecule has 0 aliphatic carbocycles. The number of carbonyl (C=O) groups excluding carboxylic acids is 2. The highest BCUT2D eigenvalue weighted by atomic mass is 16.4. The number of amides is 3. The Bertz CT molecular complexity index is 880. The molecule has 8 nitrogen and oxygen atoms in total. The molecule has 29 heavy (non-hydrogen) atoms. The summed E-state index contributed by atoms with van der Waals surface area (Å²) in [5.41, 5.74) is 1.13. The van der Waals surface area contributed by atoms with Crippen LogP contribution in [0.3, 0.4) is 0 Å². The van der Waals surface area contributed by atoms with Crippen molar-refractivity contribution in [3.63, 3.8) is 0 Å². The molecule has 154 valence electrons. The molecule has 1 fully saturated rings. The highest BCUT2D eigenvalue weighted by molar-refractivity contribution is 6.04. The molecule has 0 atom stereocenters. The molecular formula is C21H25N3O5. The number of carboxylic acid groups (broad SMARTS) is 1. The summed E-state index contributed by atoms with van der Waals surface area (Å²) in [4.78, 5) is 37.7. The Labute approximate surface area is 168 Å². The first kappa shape index (κ1) is 20.4. The molecule has 3 amide bonds. The highest BCUT2D eigenvalue weighted by Crippen LogP contribution is 2.20. The van der Waals surface area contributed by atoms with Crippen molar-refractivity contribution >= 4 is 29.3 Å². The minimum Gasteiger partial charge on any atom is -0.478 e. The fourth-order valence-corrected chi connectivity index (χ4v) is 3.29. The minimum absolute atomic E-state index is 0.00998. The van der Waals surface area contributed by atoms with E-state index in [4.69, 9.17) is 9.52 Å². The van der Waals surface area contributed by atoms with E-state index in [0.29, 0.717) is 17.8 Å². The van der Waals surface area contributed by atoms with Gasteiger partial charge >= 0.3 is 12.0 Å². The molecule has 0 bridgehead atoms. The van der Waals surface area contributed by atoms with E-state index in [-0.39, 0.29) is 23.1 Å². The van der Waals surface area contributed by atoms with Crippen molar-refractivity contribution in [2.45, 2.75) is 39.0 Å². The normalized spacial score (nSPS) is 14.2. The summed E-state index contributed by atoms with van der Waals surface area (Å²) in [6, 6.07) is 7.84. The predicted octanol–water partition coefficient (Wildman–Crippen LogP) is 4.20. The molecule has 1 aliphatic heterocycles. The number of likely N-dealkylation sites (tertiary alicyclic amines) is 1. The number of anilines is 2. The quantitative estimate of drug-likeness (QED) is 0.698. The molecule has 0 radical (unpaired) electrons. The van der Waals surface area contributed by atoms with Gasteiger partial charge in [-0.05, 0) is 37.1 Å². The summed E-state index contributed by atoms with van der Waals surface area (Å²) in [6.07, 6.45) is 4.73. The molecule has 2 heterocycles. The van der Waals surface area contributed by atoms with E-state index in [0.717, 1.165) is 38.8 Å². The van der Waals surface area contributed by atoms with Crippen molar-refractivity contribution in [2.75, 3.05) is 23.7 Å². The third-order valence-electron chi connectivity index (χ3n) is 4.87. The summed E-state index contributed by atoms with van der Waals surface area (Å²) in [6.45, 7) is 3.29.